The van der Waals surface area contributed by atoms with E-state index in [1.807, 2.05) is 89.2 Å². The van der Waals surface area contributed by atoms with Crippen LogP contribution in [-0.4, -0.2) is 65.3 Å². The summed E-state index contributed by atoms with van der Waals surface area (Å²) in [7, 11) is 1.55. The molecule has 0 unspecified atom stereocenters. The Morgan fingerprint density at radius 3 is 2.42 bits per heavy atom. The van der Waals surface area contributed by atoms with Gasteiger partial charge in [-0.05, 0) is 34.9 Å². The summed E-state index contributed by atoms with van der Waals surface area (Å²) in [5, 5.41) is 15.7. The molecule has 10 nitrogen and oxygen atoms in total. The smallest absolute Gasteiger partial charge is 0.408 e. The Labute approximate surface area is 253 Å². The molecule has 228 valence electrons. The van der Waals surface area contributed by atoms with Gasteiger partial charge in [0.05, 0.1) is 11.5 Å². The number of nitrogens with zero attached hydrogens (tertiary/aromatic N) is 3. The fraction of sp³-hybridized carbons (Fsp3) is 0.485. The zero-order chi connectivity index (χ0) is 31.5. The number of nitriles is 1. The quantitative estimate of drug-likeness (QED) is 0.476. The molecule has 2 N–H and O–H groups in total. The lowest BCUT2D eigenvalue weighted by Crippen LogP contribution is -2.59. The molecule has 4 amide bonds. The van der Waals surface area contributed by atoms with E-state index in [9.17, 15) is 24.4 Å². The van der Waals surface area contributed by atoms with Gasteiger partial charge in [0.2, 0.25) is 17.7 Å². The standard InChI is InChI=1S/C33H41N5O5/c1-21(2)16-26(28(39)38-20-33(17-23(38)18-34)24-14-10-11-15-25(24)35-30(33)41)37(6)29(40)27(32(3,4)5)36-31(42)43-19-22-12-8-7-9-13-22/h7-15,21,23,26-27H,16-17,19-20H2,1-6H3,(H,35,41)(H,36,42)/t23-,26-,27+,33-/m0/s1. The number of hydrogen-bond acceptors (Lipinski definition) is 6. The van der Waals surface area contributed by atoms with Crippen LogP contribution in [0.25, 0.3) is 0 Å². The minimum Gasteiger partial charge on any atom is -0.445 e. The van der Waals surface area contributed by atoms with Crippen molar-refractivity contribution in [1.82, 2.24) is 15.1 Å². The molecule has 0 saturated carbocycles. The van der Waals surface area contributed by atoms with Crippen molar-refractivity contribution in [1.29, 1.82) is 5.26 Å². The molecule has 1 spiro atoms. The Kier molecular flexibility index (Phi) is 9.14. The highest BCUT2D eigenvalue weighted by molar-refractivity contribution is 6.07. The third-order valence-electron chi connectivity index (χ3n) is 8.30. The summed E-state index contributed by atoms with van der Waals surface area (Å²) in [6, 6.07) is 16.0. The molecule has 0 bridgehead atoms. The SMILES string of the molecule is CC(C)C[C@@H](C(=O)N1C[C@]2(C[C@H]1C#N)C(=O)Nc1ccccc12)N(C)C(=O)[C@@H](NC(=O)OCc1ccccc1)C(C)(C)C. The van der Waals surface area contributed by atoms with Crippen molar-refractivity contribution in [3.05, 3.63) is 65.7 Å². The maximum Gasteiger partial charge on any atom is 0.408 e. The predicted molar refractivity (Wildman–Crippen MR) is 161 cm³/mol. The van der Waals surface area contributed by atoms with Gasteiger partial charge in [-0.3, -0.25) is 14.4 Å². The van der Waals surface area contributed by atoms with Crippen molar-refractivity contribution in [3.8, 4) is 6.07 Å². The average molecular weight is 588 g/mol. The molecule has 4 atom stereocenters. The number of amides is 4. The van der Waals surface area contributed by atoms with E-state index >= 15 is 0 Å². The van der Waals surface area contributed by atoms with E-state index < -0.39 is 46.9 Å². The number of nitrogens with one attached hydrogen (secondary N) is 2. The second-order valence-electron chi connectivity index (χ2n) is 13.0. The number of benzene rings is 2. The number of ether oxygens (including phenoxy) is 1. The fourth-order valence-corrected chi connectivity index (χ4v) is 5.94. The van der Waals surface area contributed by atoms with Crippen molar-refractivity contribution >= 4 is 29.5 Å². The Hall–Kier alpha value is -4.39. The first kappa shape index (κ1) is 31.5. The molecule has 4 rings (SSSR count). The van der Waals surface area contributed by atoms with Crippen molar-refractivity contribution in [3.63, 3.8) is 0 Å². The Balaban J connectivity index is 1.56. The van der Waals surface area contributed by atoms with Crippen LogP contribution in [0.5, 0.6) is 0 Å². The summed E-state index contributed by atoms with van der Waals surface area (Å²) in [6.07, 6.45) is -0.237. The van der Waals surface area contributed by atoms with Crippen LogP contribution in [0.3, 0.4) is 0 Å². The van der Waals surface area contributed by atoms with Crippen LogP contribution in [0.2, 0.25) is 0 Å². The number of alkyl carbamates (subject to hydrolysis) is 1. The van der Waals surface area contributed by atoms with E-state index in [1.165, 1.54) is 9.80 Å². The van der Waals surface area contributed by atoms with E-state index in [4.69, 9.17) is 4.74 Å². The molecule has 2 aliphatic rings. The number of hydrogen-bond donors (Lipinski definition) is 2. The highest BCUT2D eigenvalue weighted by Crippen LogP contribution is 2.46. The van der Waals surface area contributed by atoms with E-state index in [0.29, 0.717) is 12.1 Å². The van der Waals surface area contributed by atoms with Crippen LogP contribution in [-0.2, 0) is 31.1 Å². The van der Waals surface area contributed by atoms with Gasteiger partial charge < -0.3 is 25.2 Å². The number of para-hydroxylation sites is 1. The molecule has 2 heterocycles. The zero-order valence-electron chi connectivity index (χ0n) is 25.7. The van der Waals surface area contributed by atoms with Gasteiger partial charge in [-0.25, -0.2) is 4.79 Å². The molecule has 43 heavy (non-hydrogen) atoms. The van der Waals surface area contributed by atoms with Gasteiger partial charge in [-0.15, -0.1) is 0 Å². The lowest BCUT2D eigenvalue weighted by atomic mass is 9.80. The van der Waals surface area contributed by atoms with Crippen molar-refractivity contribution < 1.29 is 23.9 Å². The molecule has 0 aliphatic carbocycles. The highest BCUT2D eigenvalue weighted by Gasteiger charge is 2.57. The number of fused-ring (bicyclic) bond motifs is 2. The Bertz CT molecular complexity index is 1410. The normalized spacial score (nSPS) is 20.7. The summed E-state index contributed by atoms with van der Waals surface area (Å²) in [5.41, 5.74) is 0.524. The molecule has 0 aromatic heterocycles. The molecule has 1 fully saturated rings. The van der Waals surface area contributed by atoms with Gasteiger partial charge in [-0.1, -0.05) is 83.1 Å². The Morgan fingerprint density at radius 1 is 1.14 bits per heavy atom. The first-order valence-electron chi connectivity index (χ1n) is 14.6. The van der Waals surface area contributed by atoms with Gasteiger partial charge >= 0.3 is 6.09 Å². The molecular formula is C33H41N5O5. The number of likely N-dealkylation sites (N-methyl/N-ethyl adjacent to an activating group) is 1. The van der Waals surface area contributed by atoms with Crippen LogP contribution < -0.4 is 10.6 Å². The van der Waals surface area contributed by atoms with Gasteiger partial charge in [-0.2, -0.15) is 5.26 Å². The predicted octanol–water partition coefficient (Wildman–Crippen LogP) is 4.22. The van der Waals surface area contributed by atoms with Gasteiger partial charge in [0.1, 0.15) is 24.7 Å². The number of carbonyl (C=O) groups excluding carboxylic acids is 4. The van der Waals surface area contributed by atoms with Gasteiger partial charge in [0, 0.05) is 25.7 Å². The third kappa shape index (κ3) is 6.51. The number of likely N-dealkylation sites (tertiary alicyclic amines) is 1. The number of carbonyl (C=O) groups is 4. The molecule has 2 aliphatic heterocycles. The maximum atomic E-state index is 14.2. The molecule has 0 radical (unpaired) electrons. The number of anilines is 1. The third-order valence-corrected chi connectivity index (χ3v) is 8.30. The second kappa shape index (κ2) is 12.5. The summed E-state index contributed by atoms with van der Waals surface area (Å²) >= 11 is 0. The van der Waals surface area contributed by atoms with Crippen LogP contribution in [0, 0.1) is 22.7 Å². The van der Waals surface area contributed by atoms with Crippen LogP contribution >= 0.6 is 0 Å². The Morgan fingerprint density at radius 2 is 1.79 bits per heavy atom. The zero-order valence-corrected chi connectivity index (χ0v) is 25.7. The van der Waals surface area contributed by atoms with Gasteiger partial charge in [0.15, 0.2) is 0 Å². The lowest BCUT2D eigenvalue weighted by molar-refractivity contribution is -0.147. The second-order valence-corrected chi connectivity index (χ2v) is 13.0. The van der Waals surface area contributed by atoms with Gasteiger partial charge in [0.25, 0.3) is 0 Å². The average Bonchev–Trinajstić information content (AvgIpc) is 3.50. The summed E-state index contributed by atoms with van der Waals surface area (Å²) in [4.78, 5) is 57.1. The van der Waals surface area contributed by atoms with Crippen LogP contribution in [0.4, 0.5) is 10.5 Å². The first-order valence-corrected chi connectivity index (χ1v) is 14.6. The minimum atomic E-state index is -1.03. The summed E-state index contributed by atoms with van der Waals surface area (Å²) in [6.45, 7) is 9.46. The van der Waals surface area contributed by atoms with E-state index in [1.54, 1.807) is 7.05 Å². The molecule has 1 saturated heterocycles. The highest BCUT2D eigenvalue weighted by atomic mass is 16.5. The minimum absolute atomic E-state index is 0.0358. The molecule has 10 heteroatoms. The van der Waals surface area contributed by atoms with Crippen molar-refractivity contribution in [2.24, 2.45) is 11.3 Å². The van der Waals surface area contributed by atoms with E-state index in [0.717, 1.165) is 11.1 Å². The largest absolute Gasteiger partial charge is 0.445 e. The van der Waals surface area contributed by atoms with Crippen molar-refractivity contribution in [2.45, 2.75) is 77.6 Å². The van der Waals surface area contributed by atoms with Crippen LogP contribution in [0.1, 0.15) is 58.6 Å². The topological polar surface area (TPSA) is 132 Å². The summed E-state index contributed by atoms with van der Waals surface area (Å²) in [5.74, 6) is -1.05. The number of rotatable bonds is 8. The molecular weight excluding hydrogens is 546 g/mol. The van der Waals surface area contributed by atoms with Crippen LogP contribution in [0.15, 0.2) is 54.6 Å². The van der Waals surface area contributed by atoms with E-state index in [-0.39, 0.29) is 31.4 Å². The molecule has 2 aromatic carbocycles. The monoisotopic (exact) mass is 587 g/mol. The van der Waals surface area contributed by atoms with Crippen molar-refractivity contribution in [2.75, 3.05) is 18.9 Å². The first-order chi connectivity index (χ1) is 20.3. The maximum absolute atomic E-state index is 14.2. The molecule has 2 aromatic rings. The lowest BCUT2D eigenvalue weighted by Gasteiger charge is -2.38. The van der Waals surface area contributed by atoms with E-state index in [2.05, 4.69) is 16.7 Å². The fourth-order valence-electron chi connectivity index (χ4n) is 5.94. The summed E-state index contributed by atoms with van der Waals surface area (Å²) < 4.78 is 5.39.